The summed E-state index contributed by atoms with van der Waals surface area (Å²) in [5.41, 5.74) is 1.44. The van der Waals surface area contributed by atoms with Crippen molar-refractivity contribution >= 4 is 22.4 Å². The molecule has 1 fully saturated rings. The summed E-state index contributed by atoms with van der Waals surface area (Å²) in [5.74, 6) is -0.552. The van der Waals surface area contributed by atoms with Crippen molar-refractivity contribution in [1.82, 2.24) is 14.5 Å². The minimum atomic E-state index is -0.408. The first-order chi connectivity index (χ1) is 12.0. The fourth-order valence-corrected chi connectivity index (χ4v) is 2.86. The average Bonchev–Trinajstić information content (AvgIpc) is 2.60. The summed E-state index contributed by atoms with van der Waals surface area (Å²) in [7, 11) is 0. The Morgan fingerprint density at radius 2 is 2.04 bits per heavy atom. The molecule has 1 amide bonds. The topological polar surface area (TPSA) is 55.2 Å². The molecule has 0 N–H and O–H groups in total. The number of fused-ring (bicyclic) bond motifs is 1. The number of hydrogen-bond acceptors (Lipinski definition) is 3. The third-order valence-electron chi connectivity index (χ3n) is 4.50. The molecule has 1 aliphatic rings. The fourth-order valence-electron chi connectivity index (χ4n) is 2.86. The molecule has 128 valence electrons. The van der Waals surface area contributed by atoms with Crippen LogP contribution >= 0.6 is 0 Å². The van der Waals surface area contributed by atoms with Crippen molar-refractivity contribution in [2.24, 2.45) is 0 Å². The number of halogens is 1. The van der Waals surface area contributed by atoms with Gasteiger partial charge in [-0.05, 0) is 42.3 Å². The standard InChI is InChI=1S/C19H18FN3O2/c1-4-16(20)12(3)13-6-7-15-17(8-13)21-11-23(19(15)25)14-9-22(10-14)18(24)5-2/h4-8,11,14H,1-2,9-10H2,3H3/b16-12-. The number of carbonyl (C=O) groups excluding carboxylic acids is 1. The van der Waals surface area contributed by atoms with Crippen LogP contribution in [0.4, 0.5) is 4.39 Å². The summed E-state index contributed by atoms with van der Waals surface area (Å²) in [6.07, 6.45) is 3.90. The van der Waals surface area contributed by atoms with Crippen molar-refractivity contribution in [3.05, 3.63) is 71.6 Å². The molecule has 0 bridgehead atoms. The quantitative estimate of drug-likeness (QED) is 0.636. The molecule has 2 heterocycles. The summed E-state index contributed by atoms with van der Waals surface area (Å²) >= 11 is 0. The van der Waals surface area contributed by atoms with Gasteiger partial charge in [-0.1, -0.05) is 19.2 Å². The van der Waals surface area contributed by atoms with E-state index in [1.165, 1.54) is 12.4 Å². The Morgan fingerprint density at radius 1 is 1.32 bits per heavy atom. The van der Waals surface area contributed by atoms with Crippen molar-refractivity contribution in [3.63, 3.8) is 0 Å². The zero-order chi connectivity index (χ0) is 18.1. The number of carbonyl (C=O) groups is 1. The Kier molecular flexibility index (Phi) is 4.35. The van der Waals surface area contributed by atoms with Crippen LogP contribution in [0, 0.1) is 0 Å². The number of aromatic nitrogens is 2. The lowest BCUT2D eigenvalue weighted by molar-refractivity contribution is -0.131. The van der Waals surface area contributed by atoms with Crippen LogP contribution in [-0.2, 0) is 4.79 Å². The molecule has 0 radical (unpaired) electrons. The molecule has 0 aliphatic carbocycles. The van der Waals surface area contributed by atoms with Gasteiger partial charge < -0.3 is 4.90 Å². The molecule has 1 aliphatic heterocycles. The number of likely N-dealkylation sites (tertiary alicyclic amines) is 1. The molecule has 2 aromatic rings. The van der Waals surface area contributed by atoms with E-state index in [1.807, 2.05) is 0 Å². The van der Waals surface area contributed by atoms with E-state index >= 15 is 0 Å². The molecule has 0 saturated carbocycles. The minimum absolute atomic E-state index is 0.0900. The molecular weight excluding hydrogens is 321 g/mol. The molecule has 3 rings (SSSR count). The Balaban J connectivity index is 1.94. The first-order valence-electron chi connectivity index (χ1n) is 7.87. The second-order valence-corrected chi connectivity index (χ2v) is 5.97. The van der Waals surface area contributed by atoms with Crippen molar-refractivity contribution in [2.45, 2.75) is 13.0 Å². The molecule has 25 heavy (non-hydrogen) atoms. The van der Waals surface area contributed by atoms with Crippen LogP contribution in [-0.4, -0.2) is 33.4 Å². The van der Waals surface area contributed by atoms with E-state index < -0.39 is 5.83 Å². The predicted octanol–water partition coefficient (Wildman–Crippen LogP) is 2.85. The molecule has 0 atom stereocenters. The maximum Gasteiger partial charge on any atom is 0.261 e. The number of hydrogen-bond donors (Lipinski definition) is 0. The second-order valence-electron chi connectivity index (χ2n) is 5.97. The van der Waals surface area contributed by atoms with Gasteiger partial charge in [0.15, 0.2) is 0 Å². The number of allylic oxidation sites excluding steroid dienone is 3. The van der Waals surface area contributed by atoms with E-state index in [1.54, 1.807) is 34.6 Å². The Labute approximate surface area is 144 Å². The van der Waals surface area contributed by atoms with E-state index in [0.717, 1.165) is 6.08 Å². The monoisotopic (exact) mass is 339 g/mol. The van der Waals surface area contributed by atoms with E-state index in [4.69, 9.17) is 0 Å². The Hall–Kier alpha value is -3.02. The van der Waals surface area contributed by atoms with Gasteiger partial charge in [0, 0.05) is 13.1 Å². The molecule has 5 nitrogen and oxygen atoms in total. The number of nitrogens with zero attached hydrogens (tertiary/aromatic N) is 3. The molecule has 6 heteroatoms. The summed E-state index contributed by atoms with van der Waals surface area (Å²) < 4.78 is 15.2. The van der Waals surface area contributed by atoms with Crippen LogP contribution in [0.15, 0.2) is 60.5 Å². The van der Waals surface area contributed by atoms with Gasteiger partial charge in [-0.3, -0.25) is 14.2 Å². The van der Waals surface area contributed by atoms with Gasteiger partial charge in [0.1, 0.15) is 5.83 Å². The van der Waals surface area contributed by atoms with Crippen molar-refractivity contribution in [2.75, 3.05) is 13.1 Å². The van der Waals surface area contributed by atoms with Gasteiger partial charge in [-0.15, -0.1) is 0 Å². The largest absolute Gasteiger partial charge is 0.335 e. The summed E-state index contributed by atoms with van der Waals surface area (Å²) in [6.45, 7) is 9.44. The number of amides is 1. The smallest absolute Gasteiger partial charge is 0.261 e. The lowest BCUT2D eigenvalue weighted by atomic mass is 10.0. The Bertz CT molecular complexity index is 968. The SMILES string of the molecule is C=CC(=O)N1CC(n2cnc3cc(/C(C)=C(\F)C=C)ccc3c2=O)C1. The number of rotatable bonds is 4. The second kappa shape index (κ2) is 6.47. The van der Waals surface area contributed by atoms with Gasteiger partial charge in [0.25, 0.3) is 5.56 Å². The zero-order valence-electron chi connectivity index (χ0n) is 13.9. The first kappa shape index (κ1) is 16.8. The molecule has 0 spiro atoms. The highest BCUT2D eigenvalue weighted by molar-refractivity contribution is 5.87. The summed E-state index contributed by atoms with van der Waals surface area (Å²) in [5, 5.41) is 0.464. The molecule has 1 saturated heterocycles. The van der Waals surface area contributed by atoms with Gasteiger partial charge >= 0.3 is 0 Å². The first-order valence-corrected chi connectivity index (χ1v) is 7.87. The van der Waals surface area contributed by atoms with Crippen LogP contribution < -0.4 is 5.56 Å². The molecule has 1 aromatic carbocycles. The highest BCUT2D eigenvalue weighted by atomic mass is 19.1. The molecular formula is C19H18FN3O2. The van der Waals surface area contributed by atoms with Crippen LogP contribution in [0.5, 0.6) is 0 Å². The summed E-state index contributed by atoms with van der Waals surface area (Å²) in [6, 6.07) is 4.95. The zero-order valence-corrected chi connectivity index (χ0v) is 13.9. The highest BCUT2D eigenvalue weighted by Gasteiger charge is 2.31. The van der Waals surface area contributed by atoms with Gasteiger partial charge in [0.05, 0.1) is 23.3 Å². The lowest BCUT2D eigenvalue weighted by Gasteiger charge is -2.39. The van der Waals surface area contributed by atoms with Crippen LogP contribution in [0.25, 0.3) is 16.5 Å². The molecule has 1 aromatic heterocycles. The maximum atomic E-state index is 13.7. The van der Waals surface area contributed by atoms with E-state index in [9.17, 15) is 14.0 Å². The van der Waals surface area contributed by atoms with Crippen molar-refractivity contribution in [3.8, 4) is 0 Å². The third-order valence-corrected chi connectivity index (χ3v) is 4.50. The molecule has 0 unspecified atom stereocenters. The average molecular weight is 339 g/mol. The highest BCUT2D eigenvalue weighted by Crippen LogP contribution is 2.24. The van der Waals surface area contributed by atoms with E-state index in [0.29, 0.717) is 35.1 Å². The van der Waals surface area contributed by atoms with Gasteiger partial charge in [-0.25, -0.2) is 9.37 Å². The minimum Gasteiger partial charge on any atom is -0.335 e. The van der Waals surface area contributed by atoms with Crippen molar-refractivity contribution < 1.29 is 9.18 Å². The van der Waals surface area contributed by atoms with Crippen molar-refractivity contribution in [1.29, 1.82) is 0 Å². The van der Waals surface area contributed by atoms with E-state index in [-0.39, 0.29) is 17.5 Å². The predicted molar refractivity (Wildman–Crippen MR) is 95.7 cm³/mol. The lowest BCUT2D eigenvalue weighted by Crippen LogP contribution is -2.52. The normalized spacial score (nSPS) is 15.5. The third kappa shape index (κ3) is 2.91. The Morgan fingerprint density at radius 3 is 2.68 bits per heavy atom. The maximum absolute atomic E-state index is 13.7. The van der Waals surface area contributed by atoms with Gasteiger partial charge in [-0.2, -0.15) is 0 Å². The van der Waals surface area contributed by atoms with Crippen LogP contribution in [0.3, 0.4) is 0 Å². The number of benzene rings is 1. The fraction of sp³-hybridized carbons (Fsp3) is 0.211. The van der Waals surface area contributed by atoms with Crippen LogP contribution in [0.1, 0.15) is 18.5 Å². The van der Waals surface area contributed by atoms with Crippen LogP contribution in [0.2, 0.25) is 0 Å². The van der Waals surface area contributed by atoms with E-state index in [2.05, 4.69) is 18.1 Å². The van der Waals surface area contributed by atoms with Gasteiger partial charge in [0.2, 0.25) is 5.91 Å². The summed E-state index contributed by atoms with van der Waals surface area (Å²) in [4.78, 5) is 30.1.